The lowest BCUT2D eigenvalue weighted by Gasteiger charge is -2.47. The van der Waals surface area contributed by atoms with Crippen LogP contribution >= 0.6 is 54.8 Å². The molecule has 2 unspecified atom stereocenters. The fourth-order valence-corrected chi connectivity index (χ4v) is 8.07. The van der Waals surface area contributed by atoms with E-state index < -0.39 is 91.4 Å². The van der Waals surface area contributed by atoms with Crippen LogP contribution in [0.15, 0.2) is 0 Å². The highest BCUT2D eigenvalue weighted by atomic mass is 31.3. The molecule has 8 atom stereocenters. The van der Waals surface area contributed by atoms with Gasteiger partial charge in [0, 0.05) is 0 Å². The quantitative estimate of drug-likeness (QED) is 0.0788. The van der Waals surface area contributed by atoms with Crippen molar-refractivity contribution in [1.82, 2.24) is 0 Å². The van der Waals surface area contributed by atoms with Gasteiger partial charge in [0.05, 0.1) is 0 Å². The zero-order chi connectivity index (χ0) is 31.9. The molecule has 34 heteroatoms. The Labute approximate surface area is 219 Å². The lowest BCUT2D eigenvalue weighted by Crippen LogP contribution is -2.66. The maximum atomic E-state index is 12.2. The van der Waals surface area contributed by atoms with E-state index in [9.17, 15) is 56.6 Å². The maximum Gasteiger partial charge on any atom is 0.481 e. The molecule has 40 heavy (non-hydrogen) atoms. The minimum Gasteiger partial charge on any atom is -0.387 e. The summed E-state index contributed by atoms with van der Waals surface area (Å²) >= 11 is 0. The summed E-state index contributed by atoms with van der Waals surface area (Å²) in [5.74, 6) is 0. The van der Waals surface area contributed by atoms with Crippen molar-refractivity contribution in [2.45, 2.75) is 36.6 Å². The molecule has 1 aliphatic carbocycles. The standard InChI is InChI=1S/C6H19O27P7/c7-1-2(27-34(8,9)10)4(29-36(14,15)16)6(31-40(25,26)33-38(20,21)22)5(3(1)28-35(11,12)13)30-39(23,24)32-37(17,18)19/h1-7H,(H,23,24)(H,25,26)(H2,8,9,10)(H2,11,12,13)(H2,14,15,16)(H2,17,18,19)(H2,20,21,22)/t1-,2-,3+,4-,5-,6-/m1/s1. The fourth-order valence-electron chi connectivity index (χ4n) is 2.83. The van der Waals surface area contributed by atoms with Gasteiger partial charge in [0.1, 0.15) is 36.6 Å². The predicted molar refractivity (Wildman–Crippen MR) is 112 cm³/mol. The normalized spacial score (nSPS) is 30.4. The Hall–Kier alpha value is 0.810. The summed E-state index contributed by atoms with van der Waals surface area (Å²) in [6.07, 6.45) is -19.5. The summed E-state index contributed by atoms with van der Waals surface area (Å²) in [6.45, 7) is 0. The second-order valence-corrected chi connectivity index (χ2v) is 16.0. The zero-order valence-electron chi connectivity index (χ0n) is 18.1. The van der Waals surface area contributed by atoms with E-state index >= 15 is 0 Å². The van der Waals surface area contributed by atoms with E-state index in [-0.39, 0.29) is 0 Å². The highest BCUT2D eigenvalue weighted by molar-refractivity contribution is 7.61. The van der Waals surface area contributed by atoms with E-state index in [0.29, 0.717) is 0 Å². The zero-order valence-corrected chi connectivity index (χ0v) is 24.4. The van der Waals surface area contributed by atoms with Crippen LogP contribution < -0.4 is 0 Å². The Balaban J connectivity index is 3.98. The number of aliphatic hydroxyl groups is 1. The summed E-state index contributed by atoms with van der Waals surface area (Å²) in [5, 5.41) is 10.5. The average molecular weight is 740 g/mol. The average Bonchev–Trinajstić information content (AvgIpc) is 2.57. The minimum atomic E-state index is -6.43. The Morgan fingerprint density at radius 1 is 0.350 bits per heavy atom. The lowest BCUT2D eigenvalue weighted by molar-refractivity contribution is -0.205. The summed E-state index contributed by atoms with van der Waals surface area (Å²) in [7, 11) is -43.1. The van der Waals surface area contributed by atoms with Crippen LogP contribution in [0, 0.1) is 0 Å². The van der Waals surface area contributed by atoms with Crippen LogP contribution in [0.5, 0.6) is 0 Å². The predicted octanol–water partition coefficient (Wildman–Crippen LogP) is -3.02. The summed E-state index contributed by atoms with van der Waals surface area (Å²) in [4.78, 5) is 109. The molecule has 27 nitrogen and oxygen atoms in total. The van der Waals surface area contributed by atoms with Gasteiger partial charge in [-0.2, -0.15) is 8.62 Å². The van der Waals surface area contributed by atoms with Crippen LogP contribution in [0.2, 0.25) is 0 Å². The van der Waals surface area contributed by atoms with Gasteiger partial charge in [0.15, 0.2) is 0 Å². The monoisotopic (exact) mass is 740 g/mol. The van der Waals surface area contributed by atoms with Crippen molar-refractivity contribution in [3.63, 3.8) is 0 Å². The molecule has 0 aliphatic heterocycles. The highest BCUT2D eigenvalue weighted by Gasteiger charge is 2.61. The Bertz CT molecular complexity index is 1230. The largest absolute Gasteiger partial charge is 0.481 e. The van der Waals surface area contributed by atoms with Crippen molar-refractivity contribution >= 4 is 54.8 Å². The van der Waals surface area contributed by atoms with E-state index in [0.717, 1.165) is 0 Å². The SMILES string of the molecule is O=P(O)(O)O[C@H]1[C@@H](OP(=O)(O)OP(=O)(O)O)[C@H](OP(=O)(O)OP(=O)(O)O)[C@@H](OP(=O)(O)O)[C@H](O)[C@H]1OP(=O)(O)O. The molecule has 0 saturated heterocycles. The van der Waals surface area contributed by atoms with E-state index in [1.165, 1.54) is 0 Å². The Morgan fingerprint density at radius 3 is 0.825 bits per heavy atom. The van der Waals surface area contributed by atoms with Gasteiger partial charge in [0.25, 0.3) is 0 Å². The number of rotatable bonds is 14. The number of hydrogen-bond acceptors (Lipinski definition) is 15. The molecule has 0 spiro atoms. The van der Waals surface area contributed by atoms with Crippen molar-refractivity contribution in [1.29, 1.82) is 0 Å². The van der Waals surface area contributed by atoms with Crippen molar-refractivity contribution in [3.05, 3.63) is 0 Å². The van der Waals surface area contributed by atoms with Crippen molar-refractivity contribution < 1.29 is 127 Å². The third-order valence-electron chi connectivity index (χ3n) is 3.67. The minimum absolute atomic E-state index is 3.13. The number of phosphoric acid groups is 7. The maximum absolute atomic E-state index is 12.2. The third kappa shape index (κ3) is 14.5. The molecule has 0 aromatic carbocycles. The van der Waals surface area contributed by atoms with Crippen LogP contribution in [0.1, 0.15) is 0 Å². The van der Waals surface area contributed by atoms with Crippen LogP contribution in [0.3, 0.4) is 0 Å². The molecular weight excluding hydrogens is 721 g/mol. The summed E-state index contributed by atoms with van der Waals surface area (Å²) in [6, 6.07) is 0. The van der Waals surface area contributed by atoms with Gasteiger partial charge >= 0.3 is 54.8 Å². The molecule has 1 saturated carbocycles. The van der Waals surface area contributed by atoms with Gasteiger partial charge in [-0.1, -0.05) is 0 Å². The van der Waals surface area contributed by atoms with E-state index in [4.69, 9.17) is 39.1 Å². The van der Waals surface area contributed by atoms with Gasteiger partial charge in [-0.3, -0.25) is 22.6 Å². The first-order chi connectivity index (χ1) is 17.3. The molecule has 0 heterocycles. The summed E-state index contributed by atoms with van der Waals surface area (Å²) in [5.41, 5.74) is 0. The number of aliphatic hydroxyl groups excluding tert-OH is 1. The molecule has 0 radical (unpaired) electrons. The van der Waals surface area contributed by atoms with Gasteiger partial charge < -0.3 is 63.8 Å². The first-order valence-electron chi connectivity index (χ1n) is 8.76. The van der Waals surface area contributed by atoms with Crippen molar-refractivity contribution in [3.8, 4) is 0 Å². The first-order valence-corrected chi connectivity index (χ1v) is 19.4. The summed E-state index contributed by atoms with van der Waals surface area (Å²) < 4.78 is 108. The van der Waals surface area contributed by atoms with Crippen molar-refractivity contribution in [2.75, 3.05) is 0 Å². The van der Waals surface area contributed by atoms with E-state index in [1.807, 2.05) is 0 Å². The van der Waals surface area contributed by atoms with Crippen LogP contribution in [-0.4, -0.2) is 100 Å². The highest BCUT2D eigenvalue weighted by Crippen LogP contribution is 2.63. The molecule has 1 aliphatic rings. The van der Waals surface area contributed by atoms with E-state index in [1.54, 1.807) is 0 Å². The molecule has 0 amide bonds. The van der Waals surface area contributed by atoms with Crippen LogP contribution in [0.4, 0.5) is 0 Å². The van der Waals surface area contributed by atoms with E-state index in [2.05, 4.69) is 31.2 Å². The molecular formula is C6H19O27P7. The van der Waals surface area contributed by atoms with Crippen LogP contribution in [-0.2, 0) is 63.2 Å². The molecule has 0 aromatic rings. The molecule has 13 N–H and O–H groups in total. The Kier molecular flexibility index (Phi) is 12.7. The topological polar surface area (TPSA) is 447 Å². The molecule has 1 rings (SSSR count). The second kappa shape index (κ2) is 13.0. The fraction of sp³-hybridized carbons (Fsp3) is 1.00. The molecule has 0 aromatic heterocycles. The molecule has 0 bridgehead atoms. The molecule has 240 valence electrons. The smallest absolute Gasteiger partial charge is 0.387 e. The molecule has 1 fully saturated rings. The first kappa shape index (κ1) is 38.8. The Morgan fingerprint density at radius 2 is 0.575 bits per heavy atom. The van der Waals surface area contributed by atoms with Crippen molar-refractivity contribution in [2.24, 2.45) is 0 Å². The number of hydrogen-bond donors (Lipinski definition) is 13. The van der Waals surface area contributed by atoms with Gasteiger partial charge in [-0.05, 0) is 0 Å². The van der Waals surface area contributed by atoms with Gasteiger partial charge in [-0.25, -0.2) is 32.0 Å². The lowest BCUT2D eigenvalue weighted by atomic mass is 9.85. The third-order valence-corrected chi connectivity index (χ3v) is 9.60. The second-order valence-electron chi connectivity index (χ2n) is 6.89. The van der Waals surface area contributed by atoms with Gasteiger partial charge in [0.2, 0.25) is 0 Å². The van der Waals surface area contributed by atoms with Gasteiger partial charge in [-0.15, -0.1) is 0 Å². The van der Waals surface area contributed by atoms with Crippen LogP contribution in [0.25, 0.3) is 0 Å². The number of phosphoric ester groups is 5.